The highest BCUT2D eigenvalue weighted by Crippen LogP contribution is 2.67. The Morgan fingerprint density at radius 2 is 1.75 bits per heavy atom. The van der Waals surface area contributed by atoms with E-state index in [0.29, 0.717) is 17.3 Å². The third kappa shape index (κ3) is 1.91. The fourth-order valence-electron chi connectivity index (χ4n) is 4.53. The van der Waals surface area contributed by atoms with Gasteiger partial charge in [0, 0.05) is 25.0 Å². The second-order valence-corrected chi connectivity index (χ2v) is 12.3. The van der Waals surface area contributed by atoms with Crippen LogP contribution in [0.25, 0.3) is 0 Å². The molecule has 0 amide bonds. The third-order valence-electron chi connectivity index (χ3n) is 6.09. The molecular formula is C13H21NO8S2. The van der Waals surface area contributed by atoms with E-state index in [1.54, 1.807) is 13.8 Å². The van der Waals surface area contributed by atoms with Crippen LogP contribution in [0.2, 0.25) is 0 Å². The van der Waals surface area contributed by atoms with E-state index in [1.165, 1.54) is 14.2 Å². The Bertz CT molecular complexity index is 770. The minimum Gasteiger partial charge on any atom is -0.355 e. The molecule has 9 nitrogen and oxygen atoms in total. The average Bonchev–Trinajstić information content (AvgIpc) is 3.30. The van der Waals surface area contributed by atoms with Crippen LogP contribution in [0.4, 0.5) is 0 Å². The van der Waals surface area contributed by atoms with Gasteiger partial charge in [-0.2, -0.15) is 8.42 Å². The van der Waals surface area contributed by atoms with Gasteiger partial charge in [-0.25, -0.2) is 8.42 Å². The van der Waals surface area contributed by atoms with Gasteiger partial charge in [-0.05, 0) is 23.2 Å². The van der Waals surface area contributed by atoms with Crippen LogP contribution in [0, 0.1) is 16.7 Å². The highest BCUT2D eigenvalue weighted by Gasteiger charge is 2.76. The molecule has 5 atom stereocenters. The van der Waals surface area contributed by atoms with Crippen LogP contribution < -0.4 is 0 Å². The first kappa shape index (κ1) is 18.2. The van der Waals surface area contributed by atoms with E-state index in [2.05, 4.69) is 4.84 Å². The van der Waals surface area contributed by atoms with Crippen molar-refractivity contribution in [1.82, 2.24) is 4.47 Å². The molecule has 1 heterocycles. The Labute approximate surface area is 140 Å². The lowest BCUT2D eigenvalue weighted by atomic mass is 9.68. The van der Waals surface area contributed by atoms with Crippen molar-refractivity contribution in [1.29, 1.82) is 0 Å². The van der Waals surface area contributed by atoms with Gasteiger partial charge in [-0.15, -0.1) is 0 Å². The van der Waals surface area contributed by atoms with Gasteiger partial charge < -0.3 is 9.47 Å². The smallest absolute Gasteiger partial charge is 0.344 e. The molecule has 0 spiro atoms. The Hall–Kier alpha value is -0.590. The van der Waals surface area contributed by atoms with Crippen LogP contribution in [-0.4, -0.2) is 59.6 Å². The molecule has 0 aromatic heterocycles. The number of nitrogens with zero attached hydrogens (tertiary/aromatic N) is 1. The van der Waals surface area contributed by atoms with Crippen molar-refractivity contribution >= 4 is 23.7 Å². The van der Waals surface area contributed by atoms with Gasteiger partial charge in [0.25, 0.3) is 8.87 Å². The summed E-state index contributed by atoms with van der Waals surface area (Å²) in [5.74, 6) is -1.30. The normalized spacial score (nSPS) is 42.0. The third-order valence-corrected chi connectivity index (χ3v) is 11.4. The van der Waals surface area contributed by atoms with Crippen molar-refractivity contribution in [2.75, 3.05) is 21.0 Å². The number of rotatable bonds is 6. The molecular weight excluding hydrogens is 362 g/mol. The lowest BCUT2D eigenvalue weighted by Gasteiger charge is -2.41. The van der Waals surface area contributed by atoms with E-state index >= 15 is 0 Å². The standard InChI is InChI=1S/C13H21NO8S2/c1-12-6-5-8(13(12,2)11(20-3)21-4)9(10(12)15)23(16,17)24(18,19)14-7-22-14/h8-9,11H,5-7H2,1-4H3. The van der Waals surface area contributed by atoms with Gasteiger partial charge in [0.05, 0.1) is 0 Å². The van der Waals surface area contributed by atoms with Crippen molar-refractivity contribution in [3.63, 3.8) is 0 Å². The lowest BCUT2D eigenvalue weighted by Crippen LogP contribution is -2.46. The predicted octanol–water partition coefficient (Wildman–Crippen LogP) is -0.156. The molecule has 3 aliphatic rings. The van der Waals surface area contributed by atoms with Crippen LogP contribution in [0.15, 0.2) is 0 Å². The predicted molar refractivity (Wildman–Crippen MR) is 81.2 cm³/mol. The van der Waals surface area contributed by atoms with E-state index in [4.69, 9.17) is 9.47 Å². The molecule has 1 saturated heterocycles. The molecule has 2 saturated carbocycles. The Morgan fingerprint density at radius 1 is 1.21 bits per heavy atom. The van der Waals surface area contributed by atoms with Crippen LogP contribution in [0.3, 0.4) is 0 Å². The Kier molecular flexibility index (Phi) is 3.95. The second kappa shape index (κ2) is 5.21. The molecule has 11 heteroatoms. The first-order valence-electron chi connectivity index (χ1n) is 7.49. The molecule has 0 N–H and O–H groups in total. The molecule has 1 aliphatic heterocycles. The number of methoxy groups -OCH3 is 2. The maximum atomic E-state index is 13.0. The maximum absolute atomic E-state index is 13.0. The molecule has 0 radical (unpaired) electrons. The summed E-state index contributed by atoms with van der Waals surface area (Å²) < 4.78 is 61.0. The van der Waals surface area contributed by atoms with Gasteiger partial charge in [0.2, 0.25) is 0 Å². The van der Waals surface area contributed by atoms with Crippen LogP contribution in [0.1, 0.15) is 26.7 Å². The molecule has 2 aliphatic carbocycles. The number of hydrogen-bond donors (Lipinski definition) is 0. The monoisotopic (exact) mass is 383 g/mol. The molecule has 24 heavy (non-hydrogen) atoms. The first-order chi connectivity index (χ1) is 11.0. The Morgan fingerprint density at radius 3 is 2.21 bits per heavy atom. The van der Waals surface area contributed by atoms with E-state index in [1.807, 2.05) is 0 Å². The number of hydroxylamine groups is 1. The summed E-state index contributed by atoms with van der Waals surface area (Å²) >= 11 is 0. The SMILES string of the molecule is COC(OC)C1(C)C2CCC1(C)C(=O)C2S(=O)(=O)S(=O)(=O)N1CO1. The van der Waals surface area contributed by atoms with Crippen molar-refractivity contribution in [3.05, 3.63) is 0 Å². The van der Waals surface area contributed by atoms with E-state index in [-0.39, 0.29) is 6.73 Å². The van der Waals surface area contributed by atoms with Crippen molar-refractivity contribution in [2.45, 2.75) is 38.2 Å². The lowest BCUT2D eigenvalue weighted by molar-refractivity contribution is -0.202. The van der Waals surface area contributed by atoms with Crippen LogP contribution >= 0.6 is 0 Å². The largest absolute Gasteiger partial charge is 0.355 e. The number of ether oxygens (including phenoxy) is 2. The summed E-state index contributed by atoms with van der Waals surface area (Å²) in [4.78, 5) is 17.5. The highest BCUT2D eigenvalue weighted by molar-refractivity contribution is 8.66. The van der Waals surface area contributed by atoms with Crippen molar-refractivity contribution in [2.24, 2.45) is 16.7 Å². The van der Waals surface area contributed by atoms with E-state index in [0.717, 1.165) is 0 Å². The molecule has 2 bridgehead atoms. The molecule has 5 unspecified atom stereocenters. The summed E-state index contributed by atoms with van der Waals surface area (Å²) in [6, 6.07) is 0. The molecule has 0 aromatic carbocycles. The van der Waals surface area contributed by atoms with Crippen LogP contribution in [0.5, 0.6) is 0 Å². The van der Waals surface area contributed by atoms with E-state index in [9.17, 15) is 21.6 Å². The van der Waals surface area contributed by atoms with Crippen molar-refractivity contribution in [3.8, 4) is 0 Å². The van der Waals surface area contributed by atoms with Gasteiger partial charge in [0.15, 0.2) is 18.8 Å². The summed E-state index contributed by atoms with van der Waals surface area (Å²) in [7, 11) is -6.72. The fraction of sp³-hybridized carbons (Fsp3) is 0.923. The quantitative estimate of drug-likeness (QED) is 0.353. The van der Waals surface area contributed by atoms with Gasteiger partial charge >= 0.3 is 9.06 Å². The Balaban J connectivity index is 2.12. The molecule has 0 aromatic rings. The topological polar surface area (TPSA) is 119 Å². The fourth-order valence-corrected chi connectivity index (χ4v) is 9.07. The summed E-state index contributed by atoms with van der Waals surface area (Å²) in [6.45, 7) is 3.08. The number of fused-ring (bicyclic) bond motifs is 2. The van der Waals surface area contributed by atoms with Gasteiger partial charge in [-0.3, -0.25) is 9.63 Å². The number of carbonyl (C=O) groups is 1. The molecule has 3 rings (SSSR count). The second-order valence-electron chi connectivity index (χ2n) is 6.86. The zero-order valence-electron chi connectivity index (χ0n) is 13.9. The number of Topliss-reactive ketones (excluding diaryl/α,β-unsaturated/α-hetero) is 1. The number of hydrogen-bond acceptors (Lipinski definition) is 8. The van der Waals surface area contributed by atoms with Crippen molar-refractivity contribution < 1.29 is 35.9 Å². The van der Waals surface area contributed by atoms with Gasteiger partial charge in [-0.1, -0.05) is 13.8 Å². The maximum Gasteiger partial charge on any atom is 0.344 e. The highest BCUT2D eigenvalue weighted by atomic mass is 33.2. The van der Waals surface area contributed by atoms with E-state index < -0.39 is 52.0 Å². The van der Waals surface area contributed by atoms with Crippen LogP contribution in [-0.2, 0) is 37.0 Å². The minimum atomic E-state index is -4.80. The summed E-state index contributed by atoms with van der Waals surface area (Å²) in [5.41, 5.74) is -1.98. The zero-order chi connectivity index (χ0) is 18.1. The number of carbonyl (C=O) groups excluding carboxylic acids is 1. The summed E-state index contributed by atoms with van der Waals surface area (Å²) in [5, 5.41) is -1.64. The zero-order valence-corrected chi connectivity index (χ0v) is 15.5. The van der Waals surface area contributed by atoms with Gasteiger partial charge in [0.1, 0.15) is 5.25 Å². The molecule has 3 fully saturated rings. The average molecular weight is 383 g/mol. The summed E-state index contributed by atoms with van der Waals surface area (Å²) in [6.07, 6.45) is 0.0457. The molecule has 138 valence electrons. The number of ketones is 1. The first-order valence-corrected chi connectivity index (χ1v) is 11.0. The minimum absolute atomic E-state index is 0.319.